The minimum atomic E-state index is -0.339. The average molecular weight is 261 g/mol. The van der Waals surface area contributed by atoms with Gasteiger partial charge in [0.2, 0.25) is 0 Å². The molecule has 0 radical (unpaired) electrons. The third-order valence-corrected chi connectivity index (χ3v) is 3.83. The second kappa shape index (κ2) is 7.29. The fraction of sp³-hybridized carbons (Fsp3) is 0.562. The van der Waals surface area contributed by atoms with Crippen LogP contribution >= 0.6 is 0 Å². The summed E-state index contributed by atoms with van der Waals surface area (Å²) in [5, 5.41) is 3.49. The Balaban J connectivity index is 2.07. The molecule has 0 aromatic heterocycles. The van der Waals surface area contributed by atoms with Crippen LogP contribution in [-0.4, -0.2) is 19.1 Å². The van der Waals surface area contributed by atoms with Gasteiger partial charge < -0.3 is 4.74 Å². The molecule has 1 aliphatic carbocycles. The van der Waals surface area contributed by atoms with Crippen molar-refractivity contribution in [1.29, 1.82) is 0 Å². The van der Waals surface area contributed by atoms with E-state index in [4.69, 9.17) is 4.74 Å². The van der Waals surface area contributed by atoms with E-state index in [9.17, 15) is 4.79 Å². The molecule has 0 spiro atoms. The zero-order chi connectivity index (χ0) is 13.5. The van der Waals surface area contributed by atoms with Gasteiger partial charge in [-0.2, -0.15) is 0 Å². The van der Waals surface area contributed by atoms with Crippen molar-refractivity contribution in [2.45, 2.75) is 50.6 Å². The predicted molar refractivity (Wildman–Crippen MR) is 75.8 cm³/mol. The van der Waals surface area contributed by atoms with Crippen LogP contribution in [0.15, 0.2) is 30.3 Å². The first kappa shape index (κ1) is 14.1. The van der Waals surface area contributed by atoms with Crippen molar-refractivity contribution in [2.24, 2.45) is 0 Å². The maximum atomic E-state index is 12.0. The summed E-state index contributed by atoms with van der Waals surface area (Å²) in [7, 11) is 1.45. The van der Waals surface area contributed by atoms with E-state index in [1.54, 1.807) is 0 Å². The van der Waals surface area contributed by atoms with E-state index in [-0.39, 0.29) is 12.0 Å². The SMILES string of the molecule is COC(=O)[C@H](NC1CCCCCC1)c1ccccc1. The Morgan fingerprint density at radius 2 is 1.79 bits per heavy atom. The van der Waals surface area contributed by atoms with Crippen molar-refractivity contribution < 1.29 is 9.53 Å². The van der Waals surface area contributed by atoms with Crippen molar-refractivity contribution >= 4 is 5.97 Å². The van der Waals surface area contributed by atoms with Crippen molar-refractivity contribution in [2.75, 3.05) is 7.11 Å². The quantitative estimate of drug-likeness (QED) is 0.668. The lowest BCUT2D eigenvalue weighted by Gasteiger charge is -2.23. The summed E-state index contributed by atoms with van der Waals surface area (Å²) in [4.78, 5) is 12.0. The molecule has 2 rings (SSSR count). The molecule has 1 fully saturated rings. The van der Waals surface area contributed by atoms with Crippen molar-refractivity contribution in [3.05, 3.63) is 35.9 Å². The van der Waals surface area contributed by atoms with Crippen LogP contribution in [0.5, 0.6) is 0 Å². The van der Waals surface area contributed by atoms with E-state index in [0.717, 1.165) is 18.4 Å². The Bertz CT molecular complexity index is 383. The van der Waals surface area contributed by atoms with Gasteiger partial charge in [0.05, 0.1) is 7.11 Å². The second-order valence-corrected chi connectivity index (χ2v) is 5.22. The van der Waals surface area contributed by atoms with E-state index < -0.39 is 0 Å². The number of rotatable bonds is 4. The van der Waals surface area contributed by atoms with Crippen LogP contribution in [0.25, 0.3) is 0 Å². The van der Waals surface area contributed by atoms with E-state index >= 15 is 0 Å². The Kier molecular flexibility index (Phi) is 5.40. The molecular formula is C16H23NO2. The van der Waals surface area contributed by atoms with Crippen LogP contribution < -0.4 is 5.32 Å². The summed E-state index contributed by atoms with van der Waals surface area (Å²) in [5.74, 6) is -0.199. The van der Waals surface area contributed by atoms with Crippen molar-refractivity contribution in [1.82, 2.24) is 5.32 Å². The van der Waals surface area contributed by atoms with Gasteiger partial charge in [0.15, 0.2) is 0 Å². The van der Waals surface area contributed by atoms with Crippen LogP contribution in [-0.2, 0) is 9.53 Å². The van der Waals surface area contributed by atoms with Gasteiger partial charge in [0, 0.05) is 6.04 Å². The topological polar surface area (TPSA) is 38.3 Å². The van der Waals surface area contributed by atoms with Gasteiger partial charge in [-0.1, -0.05) is 56.0 Å². The Labute approximate surface area is 115 Å². The molecule has 1 aromatic carbocycles. The number of ether oxygens (including phenoxy) is 1. The first-order chi connectivity index (χ1) is 9.31. The molecule has 0 aliphatic heterocycles. The first-order valence-corrected chi connectivity index (χ1v) is 7.20. The number of nitrogens with one attached hydrogen (secondary N) is 1. The Hall–Kier alpha value is -1.35. The highest BCUT2D eigenvalue weighted by Gasteiger charge is 2.24. The number of carbonyl (C=O) groups is 1. The minimum Gasteiger partial charge on any atom is -0.468 e. The van der Waals surface area contributed by atoms with Gasteiger partial charge in [0.25, 0.3) is 0 Å². The highest BCUT2D eigenvalue weighted by atomic mass is 16.5. The van der Waals surface area contributed by atoms with E-state index in [1.807, 2.05) is 30.3 Å². The molecule has 3 heteroatoms. The smallest absolute Gasteiger partial charge is 0.327 e. The van der Waals surface area contributed by atoms with Crippen LogP contribution in [0.2, 0.25) is 0 Å². The van der Waals surface area contributed by atoms with Crippen LogP contribution in [0.4, 0.5) is 0 Å². The van der Waals surface area contributed by atoms with Crippen molar-refractivity contribution in [3.8, 4) is 0 Å². The third kappa shape index (κ3) is 4.06. The van der Waals surface area contributed by atoms with E-state index in [0.29, 0.717) is 6.04 Å². The summed E-state index contributed by atoms with van der Waals surface area (Å²) < 4.78 is 4.94. The highest BCUT2D eigenvalue weighted by molar-refractivity contribution is 5.77. The second-order valence-electron chi connectivity index (χ2n) is 5.22. The number of benzene rings is 1. The molecule has 0 amide bonds. The monoisotopic (exact) mass is 261 g/mol. The molecule has 3 nitrogen and oxygen atoms in total. The van der Waals surface area contributed by atoms with E-state index in [1.165, 1.54) is 32.8 Å². The average Bonchev–Trinajstić information content (AvgIpc) is 2.73. The van der Waals surface area contributed by atoms with Gasteiger partial charge >= 0.3 is 5.97 Å². The Morgan fingerprint density at radius 3 is 2.37 bits per heavy atom. The third-order valence-electron chi connectivity index (χ3n) is 3.83. The molecule has 1 saturated carbocycles. The largest absolute Gasteiger partial charge is 0.468 e. The van der Waals surface area contributed by atoms with Gasteiger partial charge in [-0.25, -0.2) is 4.79 Å². The normalized spacial score (nSPS) is 18.6. The summed E-state index contributed by atoms with van der Waals surface area (Å²) in [5.41, 5.74) is 0.985. The molecule has 0 saturated heterocycles. The van der Waals surface area contributed by atoms with Crippen LogP contribution in [0.3, 0.4) is 0 Å². The number of hydrogen-bond acceptors (Lipinski definition) is 3. The fourth-order valence-corrected chi connectivity index (χ4v) is 2.75. The molecule has 104 valence electrons. The molecule has 0 unspecified atom stereocenters. The molecule has 1 aliphatic rings. The lowest BCUT2D eigenvalue weighted by Crippen LogP contribution is -2.37. The van der Waals surface area contributed by atoms with Gasteiger partial charge in [-0.3, -0.25) is 5.32 Å². The number of hydrogen-bond donors (Lipinski definition) is 1. The molecular weight excluding hydrogens is 238 g/mol. The maximum Gasteiger partial charge on any atom is 0.327 e. The summed E-state index contributed by atoms with van der Waals surface area (Å²) in [6.07, 6.45) is 7.43. The van der Waals surface area contributed by atoms with Crippen molar-refractivity contribution in [3.63, 3.8) is 0 Å². The molecule has 1 atom stereocenters. The Morgan fingerprint density at radius 1 is 1.16 bits per heavy atom. The number of esters is 1. The summed E-state index contributed by atoms with van der Waals surface area (Å²) in [6.45, 7) is 0. The zero-order valence-electron chi connectivity index (χ0n) is 11.6. The lowest BCUT2D eigenvalue weighted by atomic mass is 10.0. The number of methoxy groups -OCH3 is 1. The van der Waals surface area contributed by atoms with E-state index in [2.05, 4.69) is 5.32 Å². The van der Waals surface area contributed by atoms with Gasteiger partial charge in [-0.15, -0.1) is 0 Å². The van der Waals surface area contributed by atoms with Gasteiger partial charge in [-0.05, 0) is 18.4 Å². The predicted octanol–water partition coefficient (Wildman–Crippen LogP) is 3.21. The zero-order valence-corrected chi connectivity index (χ0v) is 11.6. The summed E-state index contributed by atoms with van der Waals surface area (Å²) in [6, 6.07) is 9.92. The molecule has 0 bridgehead atoms. The standard InChI is InChI=1S/C16H23NO2/c1-19-16(18)15(13-9-5-4-6-10-13)17-14-11-7-2-3-8-12-14/h4-6,9-10,14-15,17H,2-3,7-8,11-12H2,1H3/t15-/m1/s1. The number of carbonyl (C=O) groups excluding carboxylic acids is 1. The summed E-state index contributed by atoms with van der Waals surface area (Å²) >= 11 is 0. The molecule has 0 heterocycles. The van der Waals surface area contributed by atoms with Crippen LogP contribution in [0.1, 0.15) is 50.1 Å². The fourth-order valence-electron chi connectivity index (χ4n) is 2.75. The van der Waals surface area contributed by atoms with Crippen LogP contribution in [0, 0.1) is 0 Å². The molecule has 19 heavy (non-hydrogen) atoms. The maximum absolute atomic E-state index is 12.0. The molecule has 1 N–H and O–H groups in total. The molecule has 1 aromatic rings. The highest BCUT2D eigenvalue weighted by Crippen LogP contribution is 2.22. The lowest BCUT2D eigenvalue weighted by molar-refractivity contribution is -0.143. The first-order valence-electron chi connectivity index (χ1n) is 7.20. The minimum absolute atomic E-state index is 0.199. The van der Waals surface area contributed by atoms with Gasteiger partial charge in [0.1, 0.15) is 6.04 Å².